The van der Waals surface area contributed by atoms with Gasteiger partial charge in [-0.05, 0) is 17.7 Å². The summed E-state index contributed by atoms with van der Waals surface area (Å²) >= 11 is 3.42. The minimum absolute atomic E-state index is 0.0208. The highest BCUT2D eigenvalue weighted by atomic mass is 79.9. The Morgan fingerprint density at radius 2 is 2.10 bits per heavy atom. The fraction of sp³-hybridized carbons (Fsp3) is 0.357. The van der Waals surface area contributed by atoms with Gasteiger partial charge in [-0.15, -0.1) is 5.10 Å². The average molecular weight is 338 g/mol. The van der Waals surface area contributed by atoms with Gasteiger partial charge in [-0.1, -0.05) is 54.0 Å². The molecule has 0 amide bonds. The molecule has 2 aromatic rings. The molecule has 1 aromatic heterocycles. The zero-order chi connectivity index (χ0) is 14.9. The monoisotopic (exact) mass is 337 g/mol. The lowest BCUT2D eigenvalue weighted by Crippen LogP contribution is -2.22. The summed E-state index contributed by atoms with van der Waals surface area (Å²) in [7, 11) is 0. The minimum atomic E-state index is -1.05. The molecule has 0 atom stereocenters. The quantitative estimate of drug-likeness (QED) is 0.934. The van der Waals surface area contributed by atoms with Crippen LogP contribution >= 0.6 is 15.9 Å². The van der Waals surface area contributed by atoms with Crippen LogP contribution in [-0.4, -0.2) is 26.1 Å². The van der Waals surface area contributed by atoms with Crippen molar-refractivity contribution < 1.29 is 9.90 Å². The van der Waals surface area contributed by atoms with Crippen molar-refractivity contribution in [1.82, 2.24) is 15.0 Å². The summed E-state index contributed by atoms with van der Waals surface area (Å²) in [5, 5.41) is 17.0. The molecule has 0 radical (unpaired) electrons. The van der Waals surface area contributed by atoms with Gasteiger partial charge < -0.3 is 5.11 Å². The molecule has 106 valence electrons. The first-order valence-corrected chi connectivity index (χ1v) is 7.00. The molecule has 0 unspecified atom stereocenters. The Hall–Kier alpha value is -1.69. The largest absolute Gasteiger partial charge is 0.476 e. The molecule has 0 saturated carbocycles. The fourth-order valence-corrected chi connectivity index (χ4v) is 2.57. The summed E-state index contributed by atoms with van der Waals surface area (Å²) in [5.41, 5.74) is 1.34. The number of halogens is 1. The fourth-order valence-electron chi connectivity index (χ4n) is 2.12. The average Bonchev–Trinajstić information content (AvgIpc) is 2.72. The molecule has 1 heterocycles. The van der Waals surface area contributed by atoms with Crippen molar-refractivity contribution >= 4 is 21.9 Å². The van der Waals surface area contributed by atoms with E-state index in [4.69, 9.17) is 0 Å². The van der Waals surface area contributed by atoms with Gasteiger partial charge in [0.05, 0.1) is 12.2 Å². The third kappa shape index (κ3) is 3.07. The van der Waals surface area contributed by atoms with Gasteiger partial charge in [0, 0.05) is 9.89 Å². The lowest BCUT2D eigenvalue weighted by atomic mass is 9.90. The van der Waals surface area contributed by atoms with Crippen LogP contribution in [0.15, 0.2) is 28.7 Å². The first-order valence-electron chi connectivity index (χ1n) is 6.21. The van der Waals surface area contributed by atoms with Crippen LogP contribution in [0.2, 0.25) is 0 Å². The highest BCUT2D eigenvalue weighted by molar-refractivity contribution is 9.10. The van der Waals surface area contributed by atoms with Gasteiger partial charge in [0.15, 0.2) is 5.69 Å². The molecule has 0 saturated heterocycles. The second-order valence-corrected chi connectivity index (χ2v) is 6.55. The van der Waals surface area contributed by atoms with E-state index in [0.29, 0.717) is 12.2 Å². The van der Waals surface area contributed by atoms with Crippen LogP contribution in [0.1, 0.15) is 42.5 Å². The van der Waals surface area contributed by atoms with Crippen molar-refractivity contribution in [3.05, 3.63) is 45.7 Å². The van der Waals surface area contributed by atoms with Gasteiger partial charge in [0.1, 0.15) is 0 Å². The molecule has 2 rings (SSSR count). The zero-order valence-corrected chi connectivity index (χ0v) is 13.2. The van der Waals surface area contributed by atoms with Crippen LogP contribution in [0.3, 0.4) is 0 Å². The predicted octanol–water partition coefficient (Wildman–Crippen LogP) is 3.08. The number of nitrogens with zero attached hydrogens (tertiary/aromatic N) is 3. The molecule has 0 aliphatic rings. The summed E-state index contributed by atoms with van der Waals surface area (Å²) in [4.78, 5) is 11.3. The molecular formula is C14H16BrN3O2. The van der Waals surface area contributed by atoms with Crippen molar-refractivity contribution in [3.63, 3.8) is 0 Å². The van der Waals surface area contributed by atoms with Crippen LogP contribution in [-0.2, 0) is 12.0 Å². The number of benzene rings is 1. The number of hydrogen-bond donors (Lipinski definition) is 1. The van der Waals surface area contributed by atoms with Crippen LogP contribution in [0.25, 0.3) is 0 Å². The highest BCUT2D eigenvalue weighted by Crippen LogP contribution is 2.25. The summed E-state index contributed by atoms with van der Waals surface area (Å²) in [5.74, 6) is -1.05. The summed E-state index contributed by atoms with van der Waals surface area (Å²) in [6.45, 7) is 6.35. The summed E-state index contributed by atoms with van der Waals surface area (Å²) in [6.07, 6.45) is 0. The van der Waals surface area contributed by atoms with E-state index in [-0.39, 0.29) is 11.1 Å². The van der Waals surface area contributed by atoms with Crippen molar-refractivity contribution in [2.24, 2.45) is 0 Å². The predicted molar refractivity (Wildman–Crippen MR) is 78.9 cm³/mol. The molecule has 0 aliphatic carbocycles. The number of rotatable bonds is 3. The highest BCUT2D eigenvalue weighted by Gasteiger charge is 2.28. The lowest BCUT2D eigenvalue weighted by molar-refractivity contribution is 0.0687. The Labute approximate surface area is 125 Å². The first kappa shape index (κ1) is 14.7. The molecule has 1 N–H and O–H groups in total. The normalized spacial score (nSPS) is 11.6. The molecule has 0 bridgehead atoms. The lowest BCUT2D eigenvalue weighted by Gasteiger charge is -2.20. The van der Waals surface area contributed by atoms with E-state index < -0.39 is 5.97 Å². The number of hydrogen-bond acceptors (Lipinski definition) is 3. The van der Waals surface area contributed by atoms with Crippen LogP contribution < -0.4 is 0 Å². The van der Waals surface area contributed by atoms with Crippen molar-refractivity contribution in [2.45, 2.75) is 32.7 Å². The van der Waals surface area contributed by atoms with Crippen molar-refractivity contribution in [3.8, 4) is 0 Å². The molecule has 5 nitrogen and oxygen atoms in total. The maximum atomic E-state index is 11.3. The third-order valence-corrected chi connectivity index (χ3v) is 3.36. The smallest absolute Gasteiger partial charge is 0.358 e. The van der Waals surface area contributed by atoms with Gasteiger partial charge in [-0.3, -0.25) is 0 Å². The van der Waals surface area contributed by atoms with E-state index in [0.717, 1.165) is 10.0 Å². The maximum Gasteiger partial charge on any atom is 0.358 e. The number of carboxylic acid groups (broad SMARTS) is 1. The van der Waals surface area contributed by atoms with Gasteiger partial charge in [-0.2, -0.15) is 0 Å². The number of aromatic carboxylic acids is 1. The Morgan fingerprint density at radius 1 is 1.40 bits per heavy atom. The van der Waals surface area contributed by atoms with E-state index in [1.54, 1.807) is 4.68 Å². The second kappa shape index (κ2) is 5.36. The van der Waals surface area contributed by atoms with Gasteiger partial charge in [0.2, 0.25) is 0 Å². The second-order valence-electron chi connectivity index (χ2n) is 5.63. The molecular weight excluding hydrogens is 322 g/mol. The van der Waals surface area contributed by atoms with Gasteiger partial charge in [0.25, 0.3) is 0 Å². The third-order valence-electron chi connectivity index (χ3n) is 2.87. The molecule has 0 spiro atoms. The van der Waals surface area contributed by atoms with Crippen molar-refractivity contribution in [2.75, 3.05) is 0 Å². The molecule has 20 heavy (non-hydrogen) atoms. The molecule has 6 heteroatoms. The SMILES string of the molecule is CC(C)(C)c1c(C(=O)O)nnn1Cc1cccc(Br)c1. The summed E-state index contributed by atoms with van der Waals surface area (Å²) < 4.78 is 2.64. The molecule has 0 aliphatic heterocycles. The van der Waals surface area contributed by atoms with Crippen LogP contribution in [0.4, 0.5) is 0 Å². The van der Waals surface area contributed by atoms with Crippen LogP contribution in [0.5, 0.6) is 0 Å². The maximum absolute atomic E-state index is 11.3. The van der Waals surface area contributed by atoms with E-state index >= 15 is 0 Å². The molecule has 0 fully saturated rings. The topological polar surface area (TPSA) is 68.0 Å². The Bertz CT molecular complexity index is 644. The minimum Gasteiger partial charge on any atom is -0.476 e. The number of aromatic nitrogens is 3. The van der Waals surface area contributed by atoms with E-state index in [1.807, 2.05) is 45.0 Å². The van der Waals surface area contributed by atoms with Gasteiger partial charge >= 0.3 is 5.97 Å². The van der Waals surface area contributed by atoms with Gasteiger partial charge in [-0.25, -0.2) is 9.48 Å². The standard InChI is InChI=1S/C14H16BrN3O2/c1-14(2,3)12-11(13(19)20)16-17-18(12)8-9-5-4-6-10(15)7-9/h4-7H,8H2,1-3H3,(H,19,20). The van der Waals surface area contributed by atoms with E-state index in [9.17, 15) is 9.90 Å². The van der Waals surface area contributed by atoms with Crippen LogP contribution in [0, 0.1) is 0 Å². The number of carboxylic acids is 1. The van der Waals surface area contributed by atoms with E-state index in [2.05, 4.69) is 26.2 Å². The first-order chi connectivity index (χ1) is 9.29. The Balaban J connectivity index is 2.45. The number of carbonyl (C=O) groups is 1. The van der Waals surface area contributed by atoms with E-state index in [1.165, 1.54) is 0 Å². The summed E-state index contributed by atoms with van der Waals surface area (Å²) in [6, 6.07) is 7.83. The Kier molecular flexibility index (Phi) is 3.94. The Morgan fingerprint density at radius 3 is 2.65 bits per heavy atom. The molecule has 1 aromatic carbocycles. The van der Waals surface area contributed by atoms with Crippen molar-refractivity contribution in [1.29, 1.82) is 0 Å². The zero-order valence-electron chi connectivity index (χ0n) is 11.6.